The molecule has 2 N–H and O–H groups in total. The summed E-state index contributed by atoms with van der Waals surface area (Å²) in [4.78, 5) is 0.572. The van der Waals surface area contributed by atoms with Gasteiger partial charge < -0.3 is 5.73 Å². The minimum Gasteiger partial charge on any atom is -0.389 e. The Morgan fingerprint density at radius 1 is 1.37 bits per heavy atom. The van der Waals surface area contributed by atoms with Crippen LogP contribution in [0.4, 0.5) is 0 Å². The Labute approximate surface area is 120 Å². The Morgan fingerprint density at radius 3 is 2.42 bits per heavy atom. The van der Waals surface area contributed by atoms with E-state index in [0.29, 0.717) is 23.5 Å². The van der Waals surface area contributed by atoms with Crippen molar-refractivity contribution in [3.63, 3.8) is 0 Å². The molecule has 1 rings (SSSR count). The lowest BCUT2D eigenvalue weighted by Crippen LogP contribution is -2.31. The number of hydrogen-bond acceptors (Lipinski definition) is 3. The van der Waals surface area contributed by atoms with Crippen molar-refractivity contribution in [1.29, 1.82) is 0 Å². The molecule has 0 bridgehead atoms. The number of rotatable bonds is 6. The first kappa shape index (κ1) is 16.1. The molecule has 0 fully saturated rings. The van der Waals surface area contributed by atoms with Gasteiger partial charge in [-0.25, -0.2) is 8.42 Å². The normalized spacial score (nSPS) is 11.8. The molecule has 0 amide bonds. The molecule has 6 heteroatoms. The van der Waals surface area contributed by atoms with Gasteiger partial charge in [-0.2, -0.15) is 4.31 Å². The number of hydrogen-bond donors (Lipinski definition) is 1. The van der Waals surface area contributed by atoms with Crippen LogP contribution < -0.4 is 5.73 Å². The fourth-order valence-corrected chi connectivity index (χ4v) is 3.78. The third-order valence-electron chi connectivity index (χ3n) is 2.93. The average molecular weight is 300 g/mol. The molecule has 0 unspecified atom stereocenters. The molecular weight excluding hydrogens is 280 g/mol. The Hall–Kier alpha value is -0.980. The van der Waals surface area contributed by atoms with E-state index in [1.54, 1.807) is 18.2 Å². The molecule has 0 atom stereocenters. The lowest BCUT2D eigenvalue weighted by Gasteiger charge is -2.20. The van der Waals surface area contributed by atoms with Crippen LogP contribution in [0.15, 0.2) is 23.1 Å². The van der Waals surface area contributed by atoms with Crippen molar-refractivity contribution >= 4 is 27.2 Å². The van der Waals surface area contributed by atoms with Crippen LogP contribution in [0, 0.1) is 6.92 Å². The SMILES string of the molecule is CCCN(CC)S(=O)(=O)c1ccc(C(N)=S)c(C)c1. The molecule has 106 valence electrons. The molecule has 1 aromatic carbocycles. The molecule has 0 aliphatic rings. The molecule has 0 radical (unpaired) electrons. The van der Waals surface area contributed by atoms with Crippen molar-refractivity contribution in [2.75, 3.05) is 13.1 Å². The quantitative estimate of drug-likeness (QED) is 0.817. The van der Waals surface area contributed by atoms with Crippen LogP contribution in [0.5, 0.6) is 0 Å². The lowest BCUT2D eigenvalue weighted by atomic mass is 10.1. The monoisotopic (exact) mass is 300 g/mol. The lowest BCUT2D eigenvalue weighted by molar-refractivity contribution is 0.427. The van der Waals surface area contributed by atoms with Gasteiger partial charge in [0.25, 0.3) is 0 Å². The highest BCUT2D eigenvalue weighted by atomic mass is 32.2. The number of aryl methyl sites for hydroxylation is 1. The predicted molar refractivity (Wildman–Crippen MR) is 81.8 cm³/mol. The fraction of sp³-hybridized carbons (Fsp3) is 0.462. The van der Waals surface area contributed by atoms with E-state index in [9.17, 15) is 8.42 Å². The summed E-state index contributed by atoms with van der Waals surface area (Å²) >= 11 is 4.92. The summed E-state index contributed by atoms with van der Waals surface area (Å²) in [5.74, 6) is 0. The van der Waals surface area contributed by atoms with Gasteiger partial charge in [-0.15, -0.1) is 0 Å². The summed E-state index contributed by atoms with van der Waals surface area (Å²) in [6.07, 6.45) is 0.789. The van der Waals surface area contributed by atoms with E-state index >= 15 is 0 Å². The number of nitrogens with zero attached hydrogens (tertiary/aromatic N) is 1. The molecule has 0 aromatic heterocycles. The van der Waals surface area contributed by atoms with Gasteiger partial charge in [0.05, 0.1) is 4.90 Å². The maximum Gasteiger partial charge on any atom is 0.243 e. The van der Waals surface area contributed by atoms with Gasteiger partial charge in [-0.3, -0.25) is 0 Å². The molecule has 0 saturated carbocycles. The summed E-state index contributed by atoms with van der Waals surface area (Å²) in [7, 11) is -3.43. The van der Waals surface area contributed by atoms with Crippen molar-refractivity contribution in [3.05, 3.63) is 29.3 Å². The molecule has 0 aliphatic carbocycles. The second kappa shape index (κ2) is 6.45. The van der Waals surface area contributed by atoms with Crippen LogP contribution >= 0.6 is 12.2 Å². The number of sulfonamides is 1. The number of nitrogens with two attached hydrogens (primary N) is 1. The molecule has 19 heavy (non-hydrogen) atoms. The predicted octanol–water partition coefficient (Wildman–Crippen LogP) is 2.05. The second-order valence-corrected chi connectivity index (χ2v) is 6.72. The third kappa shape index (κ3) is 3.52. The first-order chi connectivity index (χ1) is 8.84. The average Bonchev–Trinajstić information content (AvgIpc) is 2.34. The van der Waals surface area contributed by atoms with E-state index in [4.69, 9.17) is 18.0 Å². The fourth-order valence-electron chi connectivity index (χ4n) is 1.92. The second-order valence-electron chi connectivity index (χ2n) is 4.34. The Balaban J connectivity index is 3.22. The standard InChI is InChI=1S/C13H20N2O2S2/c1-4-8-15(5-2)19(16,17)11-6-7-12(13(14)18)10(3)9-11/h6-7,9H,4-5,8H2,1-3H3,(H2,14,18). The molecule has 0 aliphatic heterocycles. The number of thiocarbonyl (C=S) groups is 1. The van der Waals surface area contributed by atoms with Gasteiger partial charge in [0.15, 0.2) is 0 Å². The summed E-state index contributed by atoms with van der Waals surface area (Å²) < 4.78 is 26.4. The Kier molecular flexibility index (Phi) is 5.46. The van der Waals surface area contributed by atoms with Crippen LogP contribution in [0.3, 0.4) is 0 Å². The zero-order valence-electron chi connectivity index (χ0n) is 11.5. The van der Waals surface area contributed by atoms with E-state index in [1.165, 1.54) is 4.31 Å². The van der Waals surface area contributed by atoms with Gasteiger partial charge in [-0.05, 0) is 31.0 Å². The minimum atomic E-state index is -3.43. The van der Waals surface area contributed by atoms with Crippen molar-refractivity contribution in [3.8, 4) is 0 Å². The topological polar surface area (TPSA) is 63.4 Å². The highest BCUT2D eigenvalue weighted by Crippen LogP contribution is 2.19. The highest BCUT2D eigenvalue weighted by molar-refractivity contribution is 7.89. The van der Waals surface area contributed by atoms with E-state index < -0.39 is 10.0 Å². The number of benzene rings is 1. The van der Waals surface area contributed by atoms with Crippen molar-refractivity contribution in [2.24, 2.45) is 5.73 Å². The zero-order valence-corrected chi connectivity index (χ0v) is 13.1. The molecule has 0 saturated heterocycles. The summed E-state index contributed by atoms with van der Waals surface area (Å²) in [6, 6.07) is 4.86. The third-order valence-corrected chi connectivity index (χ3v) is 5.12. The van der Waals surface area contributed by atoms with Crippen LogP contribution in [-0.4, -0.2) is 30.8 Å². The van der Waals surface area contributed by atoms with Crippen LogP contribution in [0.1, 0.15) is 31.4 Å². The van der Waals surface area contributed by atoms with Crippen molar-refractivity contribution < 1.29 is 8.42 Å². The minimum absolute atomic E-state index is 0.280. The summed E-state index contributed by atoms with van der Waals surface area (Å²) in [5, 5.41) is 0. The van der Waals surface area contributed by atoms with E-state index in [2.05, 4.69) is 0 Å². The Morgan fingerprint density at radius 2 is 2.00 bits per heavy atom. The summed E-state index contributed by atoms with van der Waals surface area (Å²) in [5.41, 5.74) is 7.07. The van der Waals surface area contributed by atoms with Crippen molar-refractivity contribution in [1.82, 2.24) is 4.31 Å². The van der Waals surface area contributed by atoms with Gasteiger partial charge in [0.1, 0.15) is 4.99 Å². The molecule has 4 nitrogen and oxygen atoms in total. The van der Waals surface area contributed by atoms with Gasteiger partial charge in [-0.1, -0.05) is 32.1 Å². The molecule has 0 heterocycles. The van der Waals surface area contributed by atoms with Crippen LogP contribution in [0.2, 0.25) is 0 Å². The largest absolute Gasteiger partial charge is 0.389 e. The van der Waals surface area contributed by atoms with E-state index in [1.807, 2.05) is 20.8 Å². The Bertz CT molecular complexity index is 568. The molecular formula is C13H20N2O2S2. The smallest absolute Gasteiger partial charge is 0.243 e. The molecule has 0 spiro atoms. The summed E-state index contributed by atoms with van der Waals surface area (Å²) in [6.45, 7) is 6.59. The van der Waals surface area contributed by atoms with E-state index in [0.717, 1.165) is 12.0 Å². The maximum absolute atomic E-state index is 12.4. The van der Waals surface area contributed by atoms with Crippen LogP contribution in [-0.2, 0) is 10.0 Å². The maximum atomic E-state index is 12.4. The first-order valence-electron chi connectivity index (χ1n) is 6.25. The van der Waals surface area contributed by atoms with Gasteiger partial charge in [0.2, 0.25) is 10.0 Å². The van der Waals surface area contributed by atoms with Crippen molar-refractivity contribution in [2.45, 2.75) is 32.1 Å². The van der Waals surface area contributed by atoms with Gasteiger partial charge >= 0.3 is 0 Å². The van der Waals surface area contributed by atoms with Gasteiger partial charge in [0, 0.05) is 18.7 Å². The zero-order chi connectivity index (χ0) is 14.6. The van der Waals surface area contributed by atoms with Crippen LogP contribution in [0.25, 0.3) is 0 Å². The molecule has 1 aromatic rings. The first-order valence-corrected chi connectivity index (χ1v) is 8.10. The highest BCUT2D eigenvalue weighted by Gasteiger charge is 2.22. The van der Waals surface area contributed by atoms with E-state index in [-0.39, 0.29) is 4.99 Å².